The number of ether oxygens (including phenoxy) is 1. The van der Waals surface area contributed by atoms with Crippen molar-refractivity contribution in [3.05, 3.63) is 22.2 Å². The zero-order valence-electron chi connectivity index (χ0n) is 14.8. The van der Waals surface area contributed by atoms with E-state index in [1.165, 1.54) is 17.8 Å². The third-order valence-electron chi connectivity index (χ3n) is 4.83. The van der Waals surface area contributed by atoms with Crippen LogP contribution in [-0.4, -0.2) is 35.0 Å². The van der Waals surface area contributed by atoms with E-state index >= 15 is 0 Å². The lowest BCUT2D eigenvalue weighted by Crippen LogP contribution is -2.47. The Hall–Kier alpha value is -1.66. The summed E-state index contributed by atoms with van der Waals surface area (Å²) < 4.78 is 5.29. The molecule has 1 aliphatic rings. The van der Waals surface area contributed by atoms with Crippen LogP contribution in [0.3, 0.4) is 0 Å². The van der Waals surface area contributed by atoms with Crippen molar-refractivity contribution in [2.24, 2.45) is 0 Å². The number of rotatable bonds is 3. The standard InChI is InChI=1S/C18H25N3O2S/c1-10-8-13(9-23-4)14-15(19)16(24-17(14)20-10)18(22)21-11(2)6-5-7-12(21)3/h8,11-12H,5-7,9,19H2,1-4H3. The first-order valence-corrected chi connectivity index (χ1v) is 9.25. The zero-order chi connectivity index (χ0) is 17.4. The molecule has 2 unspecified atom stereocenters. The maximum atomic E-state index is 13.2. The number of aromatic nitrogens is 1. The average molecular weight is 347 g/mol. The summed E-state index contributed by atoms with van der Waals surface area (Å²) in [4.78, 5) is 21.2. The van der Waals surface area contributed by atoms with Crippen LogP contribution in [0.5, 0.6) is 0 Å². The number of pyridine rings is 1. The fourth-order valence-electron chi connectivity index (χ4n) is 3.70. The van der Waals surface area contributed by atoms with Gasteiger partial charge < -0.3 is 15.4 Å². The van der Waals surface area contributed by atoms with Gasteiger partial charge in [0.1, 0.15) is 9.71 Å². The Morgan fingerprint density at radius 3 is 2.71 bits per heavy atom. The highest BCUT2D eigenvalue weighted by Crippen LogP contribution is 2.37. The number of carbonyl (C=O) groups excluding carboxylic acids is 1. The first-order valence-electron chi connectivity index (χ1n) is 8.44. The van der Waals surface area contributed by atoms with Gasteiger partial charge in [-0.15, -0.1) is 11.3 Å². The molecule has 5 nitrogen and oxygen atoms in total. The molecule has 24 heavy (non-hydrogen) atoms. The number of methoxy groups -OCH3 is 1. The van der Waals surface area contributed by atoms with Gasteiger partial charge in [-0.25, -0.2) is 4.98 Å². The maximum absolute atomic E-state index is 13.2. The summed E-state index contributed by atoms with van der Waals surface area (Å²) >= 11 is 1.40. The number of nitrogens with two attached hydrogens (primary N) is 1. The van der Waals surface area contributed by atoms with Gasteiger partial charge in [-0.3, -0.25) is 4.79 Å². The Balaban J connectivity index is 2.08. The predicted octanol–water partition coefficient (Wildman–Crippen LogP) is 3.74. The van der Waals surface area contributed by atoms with E-state index in [9.17, 15) is 4.79 Å². The summed E-state index contributed by atoms with van der Waals surface area (Å²) in [6, 6.07) is 2.48. The molecule has 0 saturated carbocycles. The Kier molecular flexibility index (Phi) is 4.78. The van der Waals surface area contributed by atoms with Crippen LogP contribution in [0.1, 0.15) is 54.0 Å². The predicted molar refractivity (Wildman–Crippen MR) is 98.4 cm³/mol. The number of aryl methyl sites for hydroxylation is 1. The second-order valence-corrected chi connectivity index (χ2v) is 7.72. The lowest BCUT2D eigenvalue weighted by Gasteiger charge is -2.38. The van der Waals surface area contributed by atoms with Gasteiger partial charge in [0.25, 0.3) is 5.91 Å². The minimum Gasteiger partial charge on any atom is -0.397 e. The Bertz CT molecular complexity index is 761. The minimum absolute atomic E-state index is 0.0382. The molecular formula is C18H25N3O2S. The van der Waals surface area contributed by atoms with E-state index in [0.717, 1.165) is 34.3 Å². The van der Waals surface area contributed by atoms with Gasteiger partial charge in [0, 0.05) is 30.3 Å². The SMILES string of the molecule is COCc1cc(C)nc2sc(C(=O)N3C(C)CCCC3C)c(N)c12. The highest BCUT2D eigenvalue weighted by atomic mass is 32.1. The number of piperidine rings is 1. The van der Waals surface area contributed by atoms with Gasteiger partial charge >= 0.3 is 0 Å². The maximum Gasteiger partial charge on any atom is 0.266 e. The highest BCUT2D eigenvalue weighted by Gasteiger charge is 2.32. The Morgan fingerprint density at radius 2 is 2.08 bits per heavy atom. The van der Waals surface area contributed by atoms with E-state index in [2.05, 4.69) is 18.8 Å². The number of thiophene rings is 1. The fourth-order valence-corrected chi connectivity index (χ4v) is 4.84. The largest absolute Gasteiger partial charge is 0.397 e. The second kappa shape index (κ2) is 6.69. The molecule has 2 atom stereocenters. The molecule has 1 fully saturated rings. The first-order chi connectivity index (χ1) is 11.4. The molecule has 3 heterocycles. The molecule has 0 aromatic carbocycles. The molecular weight excluding hydrogens is 322 g/mol. The summed E-state index contributed by atoms with van der Waals surface area (Å²) in [5.74, 6) is 0.0382. The molecule has 1 aliphatic heterocycles. The van der Waals surface area contributed by atoms with E-state index in [4.69, 9.17) is 10.5 Å². The van der Waals surface area contributed by atoms with Gasteiger partial charge in [-0.2, -0.15) is 0 Å². The van der Waals surface area contributed by atoms with Gasteiger partial charge in [0.15, 0.2) is 0 Å². The number of carbonyl (C=O) groups is 1. The molecule has 0 bridgehead atoms. The van der Waals surface area contributed by atoms with Crippen LogP contribution in [-0.2, 0) is 11.3 Å². The molecule has 1 saturated heterocycles. The normalized spacial score (nSPS) is 21.4. The molecule has 0 radical (unpaired) electrons. The first kappa shape index (κ1) is 17.2. The number of nitrogen functional groups attached to an aromatic ring is 1. The minimum atomic E-state index is 0.0382. The van der Waals surface area contributed by atoms with Gasteiger partial charge in [0.05, 0.1) is 12.3 Å². The van der Waals surface area contributed by atoms with Gasteiger partial charge in [-0.05, 0) is 51.7 Å². The molecule has 0 aliphatic carbocycles. The summed E-state index contributed by atoms with van der Waals surface area (Å²) in [5, 5.41) is 0.869. The van der Waals surface area contributed by atoms with Crippen LogP contribution in [0, 0.1) is 6.92 Å². The zero-order valence-corrected chi connectivity index (χ0v) is 15.6. The van der Waals surface area contributed by atoms with Crippen LogP contribution in [0.2, 0.25) is 0 Å². The van der Waals surface area contributed by atoms with Crippen LogP contribution in [0.15, 0.2) is 6.07 Å². The van der Waals surface area contributed by atoms with Crippen LogP contribution in [0.4, 0.5) is 5.69 Å². The van der Waals surface area contributed by atoms with Crippen molar-refractivity contribution in [3.63, 3.8) is 0 Å². The molecule has 3 rings (SSSR count). The molecule has 130 valence electrons. The molecule has 6 heteroatoms. The Labute approximate surface area is 146 Å². The number of hydrogen-bond donors (Lipinski definition) is 1. The van der Waals surface area contributed by atoms with E-state index in [1.807, 2.05) is 17.9 Å². The molecule has 1 amide bonds. The summed E-state index contributed by atoms with van der Waals surface area (Å²) in [5.41, 5.74) is 8.84. The van der Waals surface area contributed by atoms with Crippen molar-refractivity contribution in [1.29, 1.82) is 0 Å². The van der Waals surface area contributed by atoms with Crippen molar-refractivity contribution in [2.75, 3.05) is 12.8 Å². The third kappa shape index (κ3) is 2.89. The summed E-state index contributed by atoms with van der Waals surface area (Å²) in [7, 11) is 1.66. The quantitative estimate of drug-likeness (QED) is 0.918. The van der Waals surface area contributed by atoms with Gasteiger partial charge in [-0.1, -0.05) is 0 Å². The second-order valence-electron chi connectivity index (χ2n) is 6.72. The van der Waals surface area contributed by atoms with Crippen LogP contribution < -0.4 is 5.73 Å². The lowest BCUT2D eigenvalue weighted by molar-refractivity contribution is 0.0517. The van der Waals surface area contributed by atoms with E-state index in [-0.39, 0.29) is 18.0 Å². The number of nitrogens with zero attached hydrogens (tertiary/aromatic N) is 2. The van der Waals surface area contributed by atoms with Crippen LogP contribution >= 0.6 is 11.3 Å². The highest BCUT2D eigenvalue weighted by molar-refractivity contribution is 7.21. The number of anilines is 1. The number of amides is 1. The van der Waals surface area contributed by atoms with Crippen LogP contribution in [0.25, 0.3) is 10.2 Å². The number of likely N-dealkylation sites (tertiary alicyclic amines) is 1. The van der Waals surface area contributed by atoms with Gasteiger partial charge in [0.2, 0.25) is 0 Å². The molecule has 2 N–H and O–H groups in total. The summed E-state index contributed by atoms with van der Waals surface area (Å²) in [6.45, 7) is 6.65. The Morgan fingerprint density at radius 1 is 1.42 bits per heavy atom. The van der Waals surface area contributed by atoms with E-state index in [1.54, 1.807) is 7.11 Å². The van der Waals surface area contributed by atoms with Crippen molar-refractivity contribution in [1.82, 2.24) is 9.88 Å². The van der Waals surface area contributed by atoms with E-state index < -0.39 is 0 Å². The monoisotopic (exact) mass is 347 g/mol. The third-order valence-corrected chi connectivity index (χ3v) is 5.92. The van der Waals surface area contributed by atoms with Crippen molar-refractivity contribution in [2.45, 2.75) is 58.7 Å². The fraction of sp³-hybridized carbons (Fsp3) is 0.556. The smallest absolute Gasteiger partial charge is 0.266 e. The number of hydrogen-bond acceptors (Lipinski definition) is 5. The lowest BCUT2D eigenvalue weighted by atomic mass is 9.97. The topological polar surface area (TPSA) is 68.5 Å². The van der Waals surface area contributed by atoms with E-state index in [0.29, 0.717) is 17.2 Å². The van der Waals surface area contributed by atoms with Crippen molar-refractivity contribution in [3.8, 4) is 0 Å². The van der Waals surface area contributed by atoms with Crippen molar-refractivity contribution < 1.29 is 9.53 Å². The van der Waals surface area contributed by atoms with Crippen molar-refractivity contribution >= 4 is 33.1 Å². The molecule has 0 spiro atoms. The summed E-state index contributed by atoms with van der Waals surface area (Å²) in [6.07, 6.45) is 3.27. The number of fused-ring (bicyclic) bond motifs is 1. The molecule has 2 aromatic rings. The average Bonchev–Trinajstić information content (AvgIpc) is 2.84. The molecule has 2 aromatic heterocycles.